The summed E-state index contributed by atoms with van der Waals surface area (Å²) in [5, 5.41) is 0. The normalized spacial score (nSPS) is 20.9. The van der Waals surface area contributed by atoms with E-state index in [0.717, 1.165) is 43.1 Å². The first-order chi connectivity index (χ1) is 12.0. The summed E-state index contributed by atoms with van der Waals surface area (Å²) in [5.74, 6) is 0.980. The number of carbonyl (C=O) groups excluding carboxylic acids is 1. The quantitative estimate of drug-likeness (QED) is 0.845. The van der Waals surface area contributed by atoms with E-state index in [9.17, 15) is 4.79 Å². The largest absolute Gasteiger partial charge is 0.308 e. The molecule has 0 N–H and O–H groups in total. The summed E-state index contributed by atoms with van der Waals surface area (Å²) in [6.45, 7) is 7.66. The fourth-order valence-electron chi connectivity index (χ4n) is 4.01. The van der Waals surface area contributed by atoms with Gasteiger partial charge in [0.25, 0.3) is 0 Å². The molecule has 0 fully saturated rings. The number of fused-ring (bicyclic) bond motifs is 2. The number of hydrogen-bond donors (Lipinski definition) is 0. The third-order valence-corrected chi connectivity index (χ3v) is 5.45. The zero-order valence-corrected chi connectivity index (χ0v) is 15.1. The third-order valence-electron chi connectivity index (χ3n) is 5.45. The number of benzene rings is 1. The minimum Gasteiger partial charge on any atom is -0.308 e. The van der Waals surface area contributed by atoms with Gasteiger partial charge < -0.3 is 4.90 Å². The zero-order chi connectivity index (χ0) is 17.6. The molecule has 0 saturated heterocycles. The van der Waals surface area contributed by atoms with Crippen molar-refractivity contribution in [2.24, 2.45) is 0 Å². The van der Waals surface area contributed by atoms with Gasteiger partial charge >= 0.3 is 0 Å². The number of aromatic nitrogens is 2. The Morgan fingerprint density at radius 2 is 2.08 bits per heavy atom. The summed E-state index contributed by atoms with van der Waals surface area (Å²) in [4.78, 5) is 26.3. The van der Waals surface area contributed by atoms with Gasteiger partial charge in [-0.2, -0.15) is 0 Å². The van der Waals surface area contributed by atoms with Crippen molar-refractivity contribution in [2.75, 3.05) is 11.4 Å². The predicted molar refractivity (Wildman–Crippen MR) is 97.4 cm³/mol. The maximum absolute atomic E-state index is 13.2. The van der Waals surface area contributed by atoms with E-state index in [1.165, 1.54) is 11.1 Å². The van der Waals surface area contributed by atoms with Gasteiger partial charge in [0.2, 0.25) is 5.91 Å². The first-order valence-electron chi connectivity index (χ1n) is 9.01. The van der Waals surface area contributed by atoms with Gasteiger partial charge in [-0.1, -0.05) is 18.2 Å². The number of hydrogen-bond acceptors (Lipinski definition) is 4. The van der Waals surface area contributed by atoms with Gasteiger partial charge in [0.1, 0.15) is 5.82 Å². The minimum atomic E-state index is -0.156. The molecule has 0 bridgehead atoms. The van der Waals surface area contributed by atoms with Crippen LogP contribution in [0.1, 0.15) is 36.5 Å². The van der Waals surface area contributed by atoms with Gasteiger partial charge in [-0.25, -0.2) is 9.97 Å². The zero-order valence-electron chi connectivity index (χ0n) is 15.1. The number of amides is 1. The molecule has 1 amide bonds. The van der Waals surface area contributed by atoms with Gasteiger partial charge in [-0.05, 0) is 50.8 Å². The van der Waals surface area contributed by atoms with Crippen molar-refractivity contribution in [1.29, 1.82) is 0 Å². The highest BCUT2D eigenvalue weighted by molar-refractivity contribution is 5.99. The Kier molecular flexibility index (Phi) is 4.04. The number of para-hydroxylation sites is 1. The molecule has 0 saturated carbocycles. The van der Waals surface area contributed by atoms with E-state index in [1.54, 1.807) is 0 Å². The lowest BCUT2D eigenvalue weighted by Gasteiger charge is -2.35. The first-order valence-corrected chi connectivity index (χ1v) is 9.01. The molecule has 2 atom stereocenters. The average molecular weight is 336 g/mol. The van der Waals surface area contributed by atoms with Crippen molar-refractivity contribution in [3.05, 3.63) is 53.1 Å². The molecule has 2 aliphatic heterocycles. The van der Waals surface area contributed by atoms with Crippen molar-refractivity contribution in [2.45, 2.75) is 52.2 Å². The summed E-state index contributed by atoms with van der Waals surface area (Å²) >= 11 is 0. The van der Waals surface area contributed by atoms with Crippen molar-refractivity contribution in [3.8, 4) is 0 Å². The molecule has 4 rings (SSSR count). The second-order valence-corrected chi connectivity index (χ2v) is 7.18. The Hall–Kier alpha value is -2.27. The average Bonchev–Trinajstić information content (AvgIpc) is 2.95. The molecule has 1 aromatic carbocycles. The third kappa shape index (κ3) is 2.82. The molecule has 0 aliphatic carbocycles. The topological polar surface area (TPSA) is 49.3 Å². The fraction of sp³-hybridized carbons (Fsp3) is 0.450. The van der Waals surface area contributed by atoms with E-state index in [4.69, 9.17) is 0 Å². The SMILES string of the molecule is Cc1ncc2c(n1)CN([C@H](C)C(=O)N1c3ccccc3C[C@H]1C)CC2. The van der Waals surface area contributed by atoms with Crippen molar-refractivity contribution < 1.29 is 4.79 Å². The van der Waals surface area contributed by atoms with Crippen LogP contribution in [0.15, 0.2) is 30.5 Å². The van der Waals surface area contributed by atoms with Gasteiger partial charge in [-0.15, -0.1) is 0 Å². The Bertz CT molecular complexity index is 819. The molecule has 0 spiro atoms. The first kappa shape index (κ1) is 16.2. The molecule has 130 valence electrons. The number of aryl methyl sites for hydroxylation is 1. The van der Waals surface area contributed by atoms with E-state index < -0.39 is 0 Å². The second-order valence-electron chi connectivity index (χ2n) is 7.18. The molecule has 1 aromatic heterocycles. The van der Waals surface area contributed by atoms with Crippen molar-refractivity contribution >= 4 is 11.6 Å². The maximum Gasteiger partial charge on any atom is 0.244 e. The predicted octanol–water partition coefficient (Wildman–Crippen LogP) is 2.51. The molecule has 5 heteroatoms. The number of carbonyl (C=O) groups is 1. The monoisotopic (exact) mass is 336 g/mol. The number of nitrogens with zero attached hydrogens (tertiary/aromatic N) is 4. The minimum absolute atomic E-state index is 0.156. The fourth-order valence-corrected chi connectivity index (χ4v) is 4.01. The van der Waals surface area contributed by atoms with Crippen LogP contribution in [0, 0.1) is 6.92 Å². The van der Waals surface area contributed by atoms with Crippen molar-refractivity contribution in [3.63, 3.8) is 0 Å². The van der Waals surface area contributed by atoms with Crippen LogP contribution in [0.25, 0.3) is 0 Å². The van der Waals surface area contributed by atoms with Gasteiger partial charge in [0, 0.05) is 31.0 Å². The molecule has 5 nitrogen and oxygen atoms in total. The maximum atomic E-state index is 13.2. The van der Waals surface area contributed by atoms with Gasteiger partial charge in [0.15, 0.2) is 0 Å². The lowest BCUT2D eigenvalue weighted by atomic mass is 10.0. The highest BCUT2D eigenvalue weighted by atomic mass is 16.2. The molecule has 0 radical (unpaired) electrons. The van der Waals surface area contributed by atoms with E-state index in [2.05, 4.69) is 33.9 Å². The van der Waals surface area contributed by atoms with Crippen LogP contribution in [-0.4, -0.2) is 39.4 Å². The molecule has 2 aromatic rings. The standard InChI is InChI=1S/C20H24N4O/c1-13-10-16-6-4-5-7-19(16)24(13)20(25)14(2)23-9-8-17-11-21-15(3)22-18(17)12-23/h4-7,11,13-14H,8-10,12H2,1-3H3/t13-,14-/m1/s1. The van der Waals surface area contributed by atoms with Crippen LogP contribution in [0.3, 0.4) is 0 Å². The highest BCUT2D eigenvalue weighted by Crippen LogP contribution is 2.33. The van der Waals surface area contributed by atoms with Crippen LogP contribution in [0.2, 0.25) is 0 Å². The highest BCUT2D eigenvalue weighted by Gasteiger charge is 2.36. The molecule has 2 aliphatic rings. The molecular formula is C20H24N4O. The Labute approximate surface area is 148 Å². The number of rotatable bonds is 2. The Morgan fingerprint density at radius 1 is 1.28 bits per heavy atom. The summed E-state index contributed by atoms with van der Waals surface area (Å²) in [6.07, 6.45) is 3.77. The van der Waals surface area contributed by atoms with Crippen LogP contribution < -0.4 is 4.90 Å². The van der Waals surface area contributed by atoms with Crippen LogP contribution in [0.5, 0.6) is 0 Å². The van der Waals surface area contributed by atoms with E-state index in [-0.39, 0.29) is 18.0 Å². The lowest BCUT2D eigenvalue weighted by molar-refractivity contribution is -0.123. The van der Waals surface area contributed by atoms with E-state index in [1.807, 2.05) is 37.1 Å². The molecule has 3 heterocycles. The lowest BCUT2D eigenvalue weighted by Crippen LogP contribution is -2.50. The summed E-state index contributed by atoms with van der Waals surface area (Å²) in [5.41, 5.74) is 4.61. The summed E-state index contributed by atoms with van der Waals surface area (Å²) in [7, 11) is 0. The Balaban J connectivity index is 1.55. The van der Waals surface area contributed by atoms with Gasteiger partial charge in [0.05, 0.1) is 11.7 Å². The molecule has 0 unspecified atom stereocenters. The summed E-state index contributed by atoms with van der Waals surface area (Å²) < 4.78 is 0. The summed E-state index contributed by atoms with van der Waals surface area (Å²) in [6, 6.07) is 8.31. The van der Waals surface area contributed by atoms with E-state index >= 15 is 0 Å². The Morgan fingerprint density at radius 3 is 2.92 bits per heavy atom. The van der Waals surface area contributed by atoms with Crippen LogP contribution in [0.4, 0.5) is 5.69 Å². The van der Waals surface area contributed by atoms with Gasteiger partial charge in [-0.3, -0.25) is 9.69 Å². The van der Waals surface area contributed by atoms with Crippen LogP contribution in [-0.2, 0) is 24.2 Å². The molecule has 25 heavy (non-hydrogen) atoms. The smallest absolute Gasteiger partial charge is 0.244 e. The van der Waals surface area contributed by atoms with Crippen molar-refractivity contribution in [1.82, 2.24) is 14.9 Å². The second kappa shape index (κ2) is 6.23. The van der Waals surface area contributed by atoms with Crippen LogP contribution >= 0.6 is 0 Å². The number of anilines is 1. The molecular weight excluding hydrogens is 312 g/mol. The van der Waals surface area contributed by atoms with E-state index in [0.29, 0.717) is 0 Å².